The van der Waals surface area contributed by atoms with Crippen LogP contribution in [0.5, 0.6) is 11.5 Å². The van der Waals surface area contributed by atoms with Crippen LogP contribution in [0.2, 0.25) is 0 Å². The van der Waals surface area contributed by atoms with E-state index >= 15 is 0 Å². The smallest absolute Gasteiger partial charge is 0.265 e. The Morgan fingerprint density at radius 3 is 2.53 bits per heavy atom. The maximum Gasteiger partial charge on any atom is 0.265 e. The van der Waals surface area contributed by atoms with Crippen LogP contribution >= 0.6 is 0 Å². The van der Waals surface area contributed by atoms with E-state index in [0.29, 0.717) is 6.42 Å². The summed E-state index contributed by atoms with van der Waals surface area (Å²) in [5.74, 6) is 1.66. The van der Waals surface area contributed by atoms with Gasteiger partial charge in [-0.25, -0.2) is 0 Å². The summed E-state index contributed by atoms with van der Waals surface area (Å²) in [6.45, 7) is 5.89. The first kappa shape index (κ1) is 25.6. The molecule has 0 spiro atoms. The van der Waals surface area contributed by atoms with Gasteiger partial charge in [-0.05, 0) is 68.3 Å². The molecular formula is C25H36N2O5. The van der Waals surface area contributed by atoms with Crippen LogP contribution in [-0.4, -0.2) is 38.5 Å². The minimum Gasteiger partial charge on any atom is -0.493 e. The van der Waals surface area contributed by atoms with Gasteiger partial charge < -0.3 is 19.6 Å². The Morgan fingerprint density at radius 1 is 1.19 bits per heavy atom. The van der Waals surface area contributed by atoms with Gasteiger partial charge in [-0.3, -0.25) is 10.1 Å². The number of nitrogens with zero attached hydrogens (tertiary/aromatic N) is 1. The predicted molar refractivity (Wildman–Crippen MR) is 126 cm³/mol. The number of carbonyl (C=O) groups excluding carboxylic acids is 1. The number of aryl methyl sites for hydroxylation is 1. The number of ether oxygens (including phenoxy) is 2. The van der Waals surface area contributed by atoms with Crippen LogP contribution in [0.25, 0.3) is 0 Å². The number of carbonyl (C=O) groups is 1. The molecule has 1 N–H and O–H groups in total. The minimum absolute atomic E-state index is 0.00578. The van der Waals surface area contributed by atoms with Crippen LogP contribution in [0.15, 0.2) is 42.1 Å². The van der Waals surface area contributed by atoms with Gasteiger partial charge in [-0.2, -0.15) is 0 Å². The van der Waals surface area contributed by atoms with E-state index in [9.17, 15) is 14.9 Å². The third kappa shape index (κ3) is 6.42. The monoisotopic (exact) mass is 444 g/mol. The standard InChI is InChI=1S/C25H36N2O5/c1-19(2)25(18-22(27(29)30)10-9-21(25)12-16-28)13-6-15-26-14-5-7-20-8-11-23(31-3)24(17-20)32-4/h8-11,16-19,21,26H,5-7,12-15H2,1-4H3. The Bertz CT molecular complexity index is 834. The van der Waals surface area contributed by atoms with Gasteiger partial charge in [-0.1, -0.05) is 26.0 Å². The highest BCUT2D eigenvalue weighted by Gasteiger charge is 2.41. The second-order valence-corrected chi connectivity index (χ2v) is 8.61. The van der Waals surface area contributed by atoms with Crippen LogP contribution in [0.3, 0.4) is 0 Å². The van der Waals surface area contributed by atoms with E-state index < -0.39 is 0 Å². The summed E-state index contributed by atoms with van der Waals surface area (Å²) in [4.78, 5) is 22.2. The van der Waals surface area contributed by atoms with E-state index in [1.807, 2.05) is 18.2 Å². The van der Waals surface area contributed by atoms with Crippen LogP contribution in [0.1, 0.15) is 45.1 Å². The summed E-state index contributed by atoms with van der Waals surface area (Å²) < 4.78 is 10.6. The molecule has 2 atom stereocenters. The topological polar surface area (TPSA) is 90.7 Å². The van der Waals surface area contributed by atoms with E-state index in [0.717, 1.165) is 56.6 Å². The summed E-state index contributed by atoms with van der Waals surface area (Å²) in [7, 11) is 3.27. The van der Waals surface area contributed by atoms with E-state index in [1.165, 1.54) is 5.56 Å². The number of benzene rings is 1. The maximum absolute atomic E-state index is 11.4. The summed E-state index contributed by atoms with van der Waals surface area (Å²) in [5.41, 5.74) is 0.953. The average molecular weight is 445 g/mol. The normalized spacial score (nSPS) is 20.2. The first-order chi connectivity index (χ1) is 15.4. The SMILES string of the molecule is COc1ccc(CCCNCCCC2(C(C)C)C=C([N+](=O)[O-])C=CC2CC=O)cc1OC. The molecule has 0 heterocycles. The van der Waals surface area contributed by atoms with Crippen molar-refractivity contribution in [2.45, 2.75) is 46.0 Å². The Morgan fingerprint density at radius 2 is 1.91 bits per heavy atom. The van der Waals surface area contributed by atoms with Crippen molar-refractivity contribution >= 4 is 6.29 Å². The molecule has 0 fully saturated rings. The number of methoxy groups -OCH3 is 2. The highest BCUT2D eigenvalue weighted by Crippen LogP contribution is 2.47. The Labute approximate surface area is 191 Å². The van der Waals surface area contributed by atoms with Gasteiger partial charge in [0.2, 0.25) is 0 Å². The maximum atomic E-state index is 11.4. The van der Waals surface area contributed by atoms with Gasteiger partial charge in [0.1, 0.15) is 6.29 Å². The molecule has 2 rings (SSSR count). The third-order valence-corrected chi connectivity index (χ3v) is 6.47. The van der Waals surface area contributed by atoms with Crippen molar-refractivity contribution in [1.29, 1.82) is 0 Å². The van der Waals surface area contributed by atoms with Crippen molar-refractivity contribution in [3.05, 3.63) is 57.8 Å². The molecule has 1 aliphatic carbocycles. The van der Waals surface area contributed by atoms with Gasteiger partial charge in [0.05, 0.1) is 19.1 Å². The molecule has 0 aliphatic heterocycles. The number of aldehydes is 1. The molecule has 1 aliphatic rings. The lowest BCUT2D eigenvalue weighted by atomic mass is 9.62. The van der Waals surface area contributed by atoms with Gasteiger partial charge in [0.25, 0.3) is 5.70 Å². The number of nitro groups is 1. The van der Waals surface area contributed by atoms with Crippen molar-refractivity contribution in [1.82, 2.24) is 5.32 Å². The number of hydrogen-bond acceptors (Lipinski definition) is 6. The molecular weight excluding hydrogens is 408 g/mol. The number of nitrogens with one attached hydrogen (secondary N) is 1. The molecule has 7 nitrogen and oxygen atoms in total. The minimum atomic E-state index is -0.376. The van der Waals surface area contributed by atoms with Crippen molar-refractivity contribution in [3.63, 3.8) is 0 Å². The van der Waals surface area contributed by atoms with Gasteiger partial charge in [0, 0.05) is 24.0 Å². The molecule has 0 radical (unpaired) electrons. The summed E-state index contributed by atoms with van der Waals surface area (Å²) in [6.07, 6.45) is 10.1. The third-order valence-electron chi connectivity index (χ3n) is 6.47. The molecule has 32 heavy (non-hydrogen) atoms. The Balaban J connectivity index is 1.86. The highest BCUT2D eigenvalue weighted by atomic mass is 16.6. The fraction of sp³-hybridized carbons (Fsp3) is 0.560. The van der Waals surface area contributed by atoms with Crippen molar-refractivity contribution < 1.29 is 19.2 Å². The van der Waals surface area contributed by atoms with Crippen molar-refractivity contribution in [2.75, 3.05) is 27.3 Å². The summed E-state index contributed by atoms with van der Waals surface area (Å²) in [5, 5.41) is 14.8. The second kappa shape index (κ2) is 12.4. The van der Waals surface area contributed by atoms with E-state index in [4.69, 9.17) is 9.47 Å². The van der Waals surface area contributed by atoms with Crippen LogP contribution in [0, 0.1) is 27.4 Å². The largest absolute Gasteiger partial charge is 0.493 e. The van der Waals surface area contributed by atoms with Crippen LogP contribution in [0.4, 0.5) is 0 Å². The fourth-order valence-electron chi connectivity index (χ4n) is 4.58. The lowest BCUT2D eigenvalue weighted by Crippen LogP contribution is -2.37. The first-order valence-electron chi connectivity index (χ1n) is 11.3. The molecule has 0 bridgehead atoms. The van der Waals surface area contributed by atoms with Crippen molar-refractivity contribution in [3.8, 4) is 11.5 Å². The second-order valence-electron chi connectivity index (χ2n) is 8.61. The molecule has 1 aromatic rings. The highest BCUT2D eigenvalue weighted by molar-refractivity contribution is 5.51. The molecule has 1 aromatic carbocycles. The molecule has 0 saturated carbocycles. The predicted octanol–water partition coefficient (Wildman–Crippen LogP) is 4.58. The lowest BCUT2D eigenvalue weighted by Gasteiger charge is -2.41. The fourth-order valence-corrected chi connectivity index (χ4v) is 4.58. The molecule has 2 unspecified atom stereocenters. The summed E-state index contributed by atoms with van der Waals surface area (Å²) >= 11 is 0. The lowest BCUT2D eigenvalue weighted by molar-refractivity contribution is -0.420. The number of allylic oxidation sites excluding steroid dienone is 3. The van der Waals surface area contributed by atoms with E-state index in [1.54, 1.807) is 26.4 Å². The summed E-state index contributed by atoms with van der Waals surface area (Å²) in [6, 6.07) is 5.99. The van der Waals surface area contributed by atoms with Gasteiger partial charge >= 0.3 is 0 Å². The van der Waals surface area contributed by atoms with Gasteiger partial charge in [-0.15, -0.1) is 0 Å². The van der Waals surface area contributed by atoms with Crippen LogP contribution in [-0.2, 0) is 11.2 Å². The van der Waals surface area contributed by atoms with E-state index in [-0.39, 0.29) is 27.9 Å². The first-order valence-corrected chi connectivity index (χ1v) is 11.3. The molecule has 0 amide bonds. The molecule has 176 valence electrons. The van der Waals surface area contributed by atoms with Gasteiger partial charge in [0.15, 0.2) is 11.5 Å². The average Bonchev–Trinajstić information content (AvgIpc) is 2.78. The number of rotatable bonds is 14. The quantitative estimate of drug-likeness (QED) is 0.195. The van der Waals surface area contributed by atoms with E-state index in [2.05, 4.69) is 25.2 Å². The zero-order valence-corrected chi connectivity index (χ0v) is 19.6. The Hall–Kier alpha value is -2.67. The Kier molecular flexibility index (Phi) is 9.91. The zero-order valence-electron chi connectivity index (χ0n) is 19.6. The molecule has 7 heteroatoms. The number of hydrogen-bond donors (Lipinski definition) is 1. The van der Waals surface area contributed by atoms with Crippen molar-refractivity contribution in [2.24, 2.45) is 17.3 Å². The zero-order chi connectivity index (χ0) is 23.6. The van der Waals surface area contributed by atoms with Crippen LogP contribution < -0.4 is 14.8 Å². The molecule has 0 saturated heterocycles. The molecule has 0 aromatic heterocycles.